The number of hydrogen-bond acceptors (Lipinski definition) is 3. The van der Waals surface area contributed by atoms with E-state index in [1.54, 1.807) is 0 Å². The number of carbonyl (C=O) groups is 2. The summed E-state index contributed by atoms with van der Waals surface area (Å²) < 4.78 is 6.11. The molecule has 150 valence electrons. The van der Waals surface area contributed by atoms with Crippen LogP contribution in [0.3, 0.4) is 0 Å². The van der Waals surface area contributed by atoms with Crippen molar-refractivity contribution in [3.05, 3.63) is 29.3 Å². The van der Waals surface area contributed by atoms with Gasteiger partial charge < -0.3 is 14.5 Å². The molecule has 3 fully saturated rings. The van der Waals surface area contributed by atoms with E-state index in [-0.39, 0.29) is 17.7 Å². The molecule has 1 saturated carbocycles. The van der Waals surface area contributed by atoms with E-state index in [2.05, 4.69) is 18.2 Å². The molecule has 4 aliphatic rings. The highest BCUT2D eigenvalue weighted by Gasteiger charge is 2.38. The summed E-state index contributed by atoms with van der Waals surface area (Å²) in [6.07, 6.45) is 10.1. The third-order valence-electron chi connectivity index (χ3n) is 7.06. The first-order valence-corrected chi connectivity index (χ1v) is 11.0. The highest BCUT2D eigenvalue weighted by Crippen LogP contribution is 2.32. The molecule has 2 aliphatic heterocycles. The van der Waals surface area contributed by atoms with Crippen molar-refractivity contribution in [1.82, 2.24) is 4.90 Å². The second-order valence-electron chi connectivity index (χ2n) is 8.93. The van der Waals surface area contributed by atoms with Crippen LogP contribution in [-0.4, -0.2) is 48.6 Å². The molecule has 2 heterocycles. The Morgan fingerprint density at radius 3 is 2.46 bits per heavy atom. The van der Waals surface area contributed by atoms with Crippen molar-refractivity contribution in [3.8, 4) is 0 Å². The minimum absolute atomic E-state index is 0.0829. The average molecular weight is 383 g/mol. The zero-order valence-electron chi connectivity index (χ0n) is 16.6. The molecule has 0 aromatic heterocycles. The normalized spacial score (nSPS) is 25.9. The molecule has 0 spiro atoms. The van der Waals surface area contributed by atoms with Gasteiger partial charge in [0.1, 0.15) is 0 Å². The lowest BCUT2D eigenvalue weighted by molar-refractivity contribution is -0.140. The average Bonchev–Trinajstić information content (AvgIpc) is 3.30. The van der Waals surface area contributed by atoms with Gasteiger partial charge >= 0.3 is 0 Å². The fourth-order valence-corrected chi connectivity index (χ4v) is 5.10. The SMILES string of the molecule is O=C(C1CC(=O)N(c2ccc3c(c2)CCC3)C1)N1CCC(OC2CCC2)CC1. The molecule has 2 amide bonds. The number of likely N-dealkylation sites (tertiary alicyclic amines) is 1. The lowest BCUT2D eigenvalue weighted by Gasteiger charge is -2.37. The van der Waals surface area contributed by atoms with E-state index in [1.807, 2.05) is 9.80 Å². The molecule has 5 heteroatoms. The Morgan fingerprint density at radius 1 is 0.964 bits per heavy atom. The number of anilines is 1. The van der Waals surface area contributed by atoms with Crippen molar-refractivity contribution in [2.75, 3.05) is 24.5 Å². The Balaban J connectivity index is 1.18. The molecular weight excluding hydrogens is 352 g/mol. The van der Waals surface area contributed by atoms with Gasteiger partial charge in [-0.15, -0.1) is 0 Å². The number of ether oxygens (including phenoxy) is 1. The predicted molar refractivity (Wildman–Crippen MR) is 107 cm³/mol. The quantitative estimate of drug-likeness (QED) is 0.804. The van der Waals surface area contributed by atoms with Gasteiger partial charge in [0.15, 0.2) is 0 Å². The van der Waals surface area contributed by atoms with Crippen LogP contribution in [0.1, 0.15) is 56.1 Å². The topological polar surface area (TPSA) is 49.9 Å². The molecule has 1 aromatic carbocycles. The van der Waals surface area contributed by atoms with Crippen LogP contribution in [0.5, 0.6) is 0 Å². The Labute approximate surface area is 167 Å². The zero-order valence-corrected chi connectivity index (χ0v) is 16.6. The molecule has 28 heavy (non-hydrogen) atoms. The van der Waals surface area contributed by atoms with Crippen LogP contribution in [-0.2, 0) is 27.2 Å². The van der Waals surface area contributed by atoms with Gasteiger partial charge in [-0.2, -0.15) is 0 Å². The third kappa shape index (κ3) is 3.45. The number of amides is 2. The monoisotopic (exact) mass is 382 g/mol. The van der Waals surface area contributed by atoms with Crippen molar-refractivity contribution < 1.29 is 14.3 Å². The maximum Gasteiger partial charge on any atom is 0.228 e. The highest BCUT2D eigenvalue weighted by molar-refractivity contribution is 6.00. The van der Waals surface area contributed by atoms with Gasteiger partial charge in [0.25, 0.3) is 0 Å². The Morgan fingerprint density at radius 2 is 1.71 bits per heavy atom. The van der Waals surface area contributed by atoms with Crippen molar-refractivity contribution >= 4 is 17.5 Å². The lowest BCUT2D eigenvalue weighted by atomic mass is 9.95. The molecule has 1 atom stereocenters. The molecule has 0 bridgehead atoms. The molecule has 5 nitrogen and oxygen atoms in total. The summed E-state index contributed by atoms with van der Waals surface area (Å²) >= 11 is 0. The Kier molecular flexibility index (Phi) is 4.87. The summed E-state index contributed by atoms with van der Waals surface area (Å²) in [7, 11) is 0. The van der Waals surface area contributed by atoms with E-state index in [0.717, 1.165) is 44.5 Å². The Bertz CT molecular complexity index is 765. The molecular formula is C23H30N2O3. The Hall–Kier alpha value is -1.88. The van der Waals surface area contributed by atoms with Crippen LogP contribution >= 0.6 is 0 Å². The first kappa shape index (κ1) is 18.2. The van der Waals surface area contributed by atoms with Crippen molar-refractivity contribution in [2.24, 2.45) is 5.92 Å². The standard InChI is InChI=1S/C23H30N2O3/c26-22-14-18(15-25(22)19-8-7-16-3-1-4-17(16)13-19)23(27)24-11-9-21(10-12-24)28-20-5-2-6-20/h7-8,13,18,20-21H,1-6,9-12,14-15H2. The molecule has 0 N–H and O–H groups in total. The minimum atomic E-state index is -0.204. The van der Waals surface area contributed by atoms with Gasteiger partial charge in [0, 0.05) is 31.7 Å². The van der Waals surface area contributed by atoms with Gasteiger partial charge in [-0.3, -0.25) is 9.59 Å². The second-order valence-corrected chi connectivity index (χ2v) is 8.93. The van der Waals surface area contributed by atoms with Crippen LogP contribution in [0.2, 0.25) is 0 Å². The largest absolute Gasteiger partial charge is 0.375 e. The number of rotatable bonds is 4. The minimum Gasteiger partial charge on any atom is -0.375 e. The maximum atomic E-state index is 13.0. The van der Waals surface area contributed by atoms with Gasteiger partial charge in [0.05, 0.1) is 18.1 Å². The predicted octanol–water partition coefficient (Wildman–Crippen LogP) is 3.09. The summed E-state index contributed by atoms with van der Waals surface area (Å²) in [5.74, 6) is 0.0310. The van der Waals surface area contributed by atoms with E-state index in [9.17, 15) is 9.59 Å². The summed E-state index contributed by atoms with van der Waals surface area (Å²) in [6.45, 7) is 2.05. The van der Waals surface area contributed by atoms with E-state index in [4.69, 9.17) is 4.74 Å². The lowest BCUT2D eigenvalue weighted by Crippen LogP contribution is -2.45. The number of aryl methyl sites for hydroxylation is 2. The van der Waals surface area contributed by atoms with Crippen molar-refractivity contribution in [1.29, 1.82) is 0 Å². The molecule has 2 aliphatic carbocycles. The number of hydrogen-bond donors (Lipinski definition) is 0. The smallest absolute Gasteiger partial charge is 0.228 e. The molecule has 5 rings (SSSR count). The maximum absolute atomic E-state index is 13.0. The third-order valence-corrected chi connectivity index (χ3v) is 7.06. The number of carbonyl (C=O) groups excluding carboxylic acids is 2. The van der Waals surface area contributed by atoms with E-state index in [0.29, 0.717) is 25.2 Å². The number of benzene rings is 1. The van der Waals surface area contributed by atoms with Crippen LogP contribution < -0.4 is 4.90 Å². The number of nitrogens with zero attached hydrogens (tertiary/aromatic N) is 2. The molecule has 2 saturated heterocycles. The van der Waals surface area contributed by atoms with E-state index in [1.165, 1.54) is 36.8 Å². The summed E-state index contributed by atoms with van der Waals surface area (Å²) in [5, 5.41) is 0. The zero-order chi connectivity index (χ0) is 19.1. The van der Waals surface area contributed by atoms with Gasteiger partial charge in [0.2, 0.25) is 11.8 Å². The van der Waals surface area contributed by atoms with Crippen LogP contribution in [0.15, 0.2) is 18.2 Å². The number of piperidine rings is 1. The highest BCUT2D eigenvalue weighted by atomic mass is 16.5. The molecule has 1 aromatic rings. The first-order chi connectivity index (χ1) is 13.7. The van der Waals surface area contributed by atoms with Gasteiger partial charge in [-0.05, 0) is 74.6 Å². The van der Waals surface area contributed by atoms with Crippen molar-refractivity contribution in [3.63, 3.8) is 0 Å². The van der Waals surface area contributed by atoms with Crippen LogP contribution in [0.25, 0.3) is 0 Å². The first-order valence-electron chi connectivity index (χ1n) is 11.0. The second kappa shape index (κ2) is 7.51. The van der Waals surface area contributed by atoms with Gasteiger partial charge in [-0.25, -0.2) is 0 Å². The van der Waals surface area contributed by atoms with Crippen LogP contribution in [0.4, 0.5) is 5.69 Å². The van der Waals surface area contributed by atoms with Crippen molar-refractivity contribution in [2.45, 2.75) is 70.0 Å². The number of fused-ring (bicyclic) bond motifs is 1. The molecule has 1 unspecified atom stereocenters. The van der Waals surface area contributed by atoms with Gasteiger partial charge in [-0.1, -0.05) is 6.07 Å². The van der Waals surface area contributed by atoms with Crippen LogP contribution in [0, 0.1) is 5.92 Å². The fourth-order valence-electron chi connectivity index (χ4n) is 5.10. The fraction of sp³-hybridized carbons (Fsp3) is 0.652. The summed E-state index contributed by atoms with van der Waals surface area (Å²) in [5.41, 5.74) is 3.75. The van der Waals surface area contributed by atoms with E-state index < -0.39 is 0 Å². The van der Waals surface area contributed by atoms with E-state index >= 15 is 0 Å². The summed E-state index contributed by atoms with van der Waals surface area (Å²) in [4.78, 5) is 29.4. The summed E-state index contributed by atoms with van der Waals surface area (Å²) in [6, 6.07) is 6.38. The molecule has 0 radical (unpaired) electrons.